The van der Waals surface area contributed by atoms with Gasteiger partial charge in [0, 0.05) is 39.1 Å². The van der Waals surface area contributed by atoms with Crippen LogP contribution in [0.25, 0.3) is 0 Å². The Hall–Kier alpha value is -2.70. The van der Waals surface area contributed by atoms with E-state index in [0.29, 0.717) is 25.1 Å². The van der Waals surface area contributed by atoms with E-state index >= 15 is 0 Å². The topological polar surface area (TPSA) is 59.1 Å². The SMILES string of the molecule is O=C(OCC1CN(Cc2ccccc2)CCO1)c1ccc(CN2CCCC2=O)cc1. The highest BCUT2D eigenvalue weighted by Gasteiger charge is 2.23. The van der Waals surface area contributed by atoms with Gasteiger partial charge in [-0.1, -0.05) is 42.5 Å². The molecule has 158 valence electrons. The van der Waals surface area contributed by atoms with E-state index in [4.69, 9.17) is 9.47 Å². The van der Waals surface area contributed by atoms with Crippen LogP contribution in [0.1, 0.15) is 34.3 Å². The molecule has 0 bridgehead atoms. The summed E-state index contributed by atoms with van der Waals surface area (Å²) in [7, 11) is 0. The van der Waals surface area contributed by atoms with Crippen molar-refractivity contribution in [3.63, 3.8) is 0 Å². The van der Waals surface area contributed by atoms with Crippen molar-refractivity contribution in [3.05, 3.63) is 71.3 Å². The summed E-state index contributed by atoms with van der Waals surface area (Å²) < 4.78 is 11.3. The van der Waals surface area contributed by atoms with Crippen LogP contribution in [-0.4, -0.2) is 60.6 Å². The van der Waals surface area contributed by atoms with Gasteiger partial charge in [0.25, 0.3) is 0 Å². The van der Waals surface area contributed by atoms with Crippen molar-refractivity contribution in [2.24, 2.45) is 0 Å². The molecule has 2 heterocycles. The molecule has 0 saturated carbocycles. The van der Waals surface area contributed by atoms with Crippen LogP contribution in [-0.2, 0) is 27.4 Å². The zero-order chi connectivity index (χ0) is 20.8. The van der Waals surface area contributed by atoms with Gasteiger partial charge in [-0.05, 0) is 29.7 Å². The summed E-state index contributed by atoms with van der Waals surface area (Å²) in [6.45, 7) is 4.78. The highest BCUT2D eigenvalue weighted by atomic mass is 16.6. The minimum Gasteiger partial charge on any atom is -0.459 e. The monoisotopic (exact) mass is 408 g/mol. The predicted octanol–water partition coefficient (Wildman–Crippen LogP) is 2.87. The van der Waals surface area contributed by atoms with Crippen molar-refractivity contribution >= 4 is 11.9 Å². The fourth-order valence-corrected chi connectivity index (χ4v) is 3.96. The molecule has 1 amide bonds. The second-order valence-electron chi connectivity index (χ2n) is 7.93. The van der Waals surface area contributed by atoms with E-state index < -0.39 is 0 Å². The molecule has 4 rings (SSSR count). The fraction of sp³-hybridized carbons (Fsp3) is 0.417. The third-order valence-electron chi connectivity index (χ3n) is 5.61. The van der Waals surface area contributed by atoms with Crippen LogP contribution >= 0.6 is 0 Å². The first-order valence-corrected chi connectivity index (χ1v) is 10.6. The van der Waals surface area contributed by atoms with E-state index in [1.165, 1.54) is 5.56 Å². The third kappa shape index (κ3) is 5.46. The molecule has 0 aliphatic carbocycles. The smallest absolute Gasteiger partial charge is 0.338 e. The van der Waals surface area contributed by atoms with Crippen molar-refractivity contribution in [3.8, 4) is 0 Å². The van der Waals surface area contributed by atoms with Gasteiger partial charge in [0.15, 0.2) is 0 Å². The average molecular weight is 408 g/mol. The minimum absolute atomic E-state index is 0.119. The lowest BCUT2D eigenvalue weighted by molar-refractivity contribution is -0.128. The number of morpholine rings is 1. The molecular weight excluding hydrogens is 380 g/mol. The summed E-state index contributed by atoms with van der Waals surface area (Å²) in [6.07, 6.45) is 1.44. The molecule has 1 atom stereocenters. The Balaban J connectivity index is 1.24. The second kappa shape index (κ2) is 9.87. The van der Waals surface area contributed by atoms with Crippen molar-refractivity contribution in [2.75, 3.05) is 32.8 Å². The van der Waals surface area contributed by atoms with Crippen molar-refractivity contribution in [1.82, 2.24) is 9.80 Å². The van der Waals surface area contributed by atoms with Gasteiger partial charge >= 0.3 is 5.97 Å². The maximum absolute atomic E-state index is 12.4. The number of hydrogen-bond donors (Lipinski definition) is 0. The number of nitrogens with zero attached hydrogens (tertiary/aromatic N) is 2. The Morgan fingerprint density at radius 1 is 1.00 bits per heavy atom. The minimum atomic E-state index is -0.345. The van der Waals surface area contributed by atoms with Gasteiger partial charge in [0.1, 0.15) is 12.7 Å². The molecule has 2 aromatic rings. The van der Waals surface area contributed by atoms with Gasteiger partial charge in [-0.3, -0.25) is 9.69 Å². The average Bonchev–Trinajstić information content (AvgIpc) is 3.18. The number of esters is 1. The zero-order valence-electron chi connectivity index (χ0n) is 17.2. The molecule has 0 radical (unpaired) electrons. The van der Waals surface area contributed by atoms with Gasteiger partial charge in [0.2, 0.25) is 5.91 Å². The Morgan fingerprint density at radius 3 is 2.50 bits per heavy atom. The number of hydrogen-bond acceptors (Lipinski definition) is 5. The second-order valence-corrected chi connectivity index (χ2v) is 7.93. The molecule has 1 unspecified atom stereocenters. The first kappa shape index (κ1) is 20.6. The van der Waals surface area contributed by atoms with Crippen molar-refractivity contribution in [1.29, 1.82) is 0 Å². The van der Waals surface area contributed by atoms with Crippen LogP contribution in [0.15, 0.2) is 54.6 Å². The summed E-state index contributed by atoms with van der Waals surface area (Å²) in [6, 6.07) is 17.7. The maximum atomic E-state index is 12.4. The van der Waals surface area contributed by atoms with Crippen LogP contribution in [0.2, 0.25) is 0 Å². The molecule has 0 N–H and O–H groups in total. The molecule has 2 aliphatic rings. The lowest BCUT2D eigenvalue weighted by atomic mass is 10.1. The molecule has 6 heteroatoms. The van der Waals surface area contributed by atoms with E-state index in [2.05, 4.69) is 17.0 Å². The number of likely N-dealkylation sites (tertiary alicyclic amines) is 1. The Kier molecular flexibility index (Phi) is 6.77. The molecule has 2 aromatic carbocycles. The van der Waals surface area contributed by atoms with Crippen LogP contribution in [0.4, 0.5) is 0 Å². The first-order valence-electron chi connectivity index (χ1n) is 10.6. The third-order valence-corrected chi connectivity index (χ3v) is 5.61. The zero-order valence-corrected chi connectivity index (χ0v) is 17.2. The lowest BCUT2D eigenvalue weighted by Crippen LogP contribution is -2.44. The summed E-state index contributed by atoms with van der Waals surface area (Å²) in [5.41, 5.74) is 2.81. The summed E-state index contributed by atoms with van der Waals surface area (Å²) in [4.78, 5) is 28.3. The summed E-state index contributed by atoms with van der Waals surface area (Å²) >= 11 is 0. The highest BCUT2D eigenvalue weighted by Crippen LogP contribution is 2.16. The molecule has 2 saturated heterocycles. The van der Waals surface area contributed by atoms with E-state index in [1.54, 1.807) is 12.1 Å². The predicted molar refractivity (Wildman–Crippen MR) is 113 cm³/mol. The molecule has 6 nitrogen and oxygen atoms in total. The molecule has 2 aliphatic heterocycles. The number of benzene rings is 2. The van der Waals surface area contributed by atoms with Gasteiger partial charge in [0.05, 0.1) is 12.2 Å². The van der Waals surface area contributed by atoms with E-state index in [-0.39, 0.29) is 24.6 Å². The molecule has 2 fully saturated rings. The number of amides is 1. The Bertz CT molecular complexity index is 853. The Labute approximate surface area is 177 Å². The molecule has 0 aromatic heterocycles. The van der Waals surface area contributed by atoms with E-state index in [0.717, 1.165) is 38.2 Å². The lowest BCUT2D eigenvalue weighted by Gasteiger charge is -2.32. The van der Waals surface area contributed by atoms with Gasteiger partial charge in [-0.25, -0.2) is 4.79 Å². The summed E-state index contributed by atoms with van der Waals surface area (Å²) in [5, 5.41) is 0. The Morgan fingerprint density at radius 2 is 1.77 bits per heavy atom. The van der Waals surface area contributed by atoms with E-state index in [9.17, 15) is 9.59 Å². The van der Waals surface area contributed by atoms with Crippen molar-refractivity contribution in [2.45, 2.75) is 32.0 Å². The number of carbonyl (C=O) groups is 2. The number of rotatable bonds is 7. The van der Waals surface area contributed by atoms with Gasteiger partial charge < -0.3 is 14.4 Å². The molecule has 0 spiro atoms. The largest absolute Gasteiger partial charge is 0.459 e. The number of ether oxygens (including phenoxy) is 2. The van der Waals surface area contributed by atoms with Crippen LogP contribution in [0, 0.1) is 0 Å². The van der Waals surface area contributed by atoms with Crippen molar-refractivity contribution < 1.29 is 19.1 Å². The maximum Gasteiger partial charge on any atom is 0.338 e. The van der Waals surface area contributed by atoms with Gasteiger partial charge in [-0.2, -0.15) is 0 Å². The quantitative estimate of drug-likeness (QED) is 0.660. The first-order chi connectivity index (χ1) is 14.7. The highest BCUT2D eigenvalue weighted by molar-refractivity contribution is 5.89. The molecule has 30 heavy (non-hydrogen) atoms. The standard InChI is InChI=1S/C24H28N2O4/c27-23-7-4-12-26(23)16-20-8-10-21(11-9-20)24(28)30-18-22-17-25(13-14-29-22)15-19-5-2-1-3-6-19/h1-3,5-6,8-11,22H,4,7,12-18H2. The van der Waals surface area contributed by atoms with Gasteiger partial charge in [-0.15, -0.1) is 0 Å². The normalized spacial score (nSPS) is 19.8. The van der Waals surface area contributed by atoms with E-state index in [1.807, 2.05) is 35.2 Å². The van der Waals surface area contributed by atoms with Crippen LogP contribution < -0.4 is 0 Å². The number of carbonyl (C=O) groups excluding carboxylic acids is 2. The van der Waals surface area contributed by atoms with Crippen LogP contribution in [0.5, 0.6) is 0 Å². The van der Waals surface area contributed by atoms with Crippen LogP contribution in [0.3, 0.4) is 0 Å². The molecular formula is C24H28N2O4. The fourth-order valence-electron chi connectivity index (χ4n) is 3.96. The summed E-state index contributed by atoms with van der Waals surface area (Å²) in [5.74, 6) is -0.144.